The maximum absolute atomic E-state index is 4.61. The lowest BCUT2D eigenvalue weighted by molar-refractivity contribution is 0.547. The third-order valence-electron chi connectivity index (χ3n) is 3.44. The molecule has 0 saturated carbocycles. The summed E-state index contributed by atoms with van der Waals surface area (Å²) in [4.78, 5) is 11.5. The maximum Gasteiger partial charge on any atom is 0.147 e. The Hall–Kier alpha value is -1.16. The molecule has 0 amide bonds. The number of nitrogens with zero attached hydrogens (tertiary/aromatic N) is 3. The van der Waals surface area contributed by atoms with Gasteiger partial charge in [0, 0.05) is 19.6 Å². The van der Waals surface area contributed by atoms with E-state index < -0.39 is 0 Å². The van der Waals surface area contributed by atoms with Crippen molar-refractivity contribution in [2.45, 2.75) is 59.9 Å². The highest BCUT2D eigenvalue weighted by molar-refractivity contribution is 5.35. The van der Waals surface area contributed by atoms with Gasteiger partial charge in [0.05, 0.1) is 18.1 Å². The highest BCUT2D eigenvalue weighted by atomic mass is 15.2. The average molecular weight is 292 g/mol. The van der Waals surface area contributed by atoms with E-state index in [1.165, 1.54) is 25.7 Å². The van der Waals surface area contributed by atoms with Crippen LogP contribution in [0, 0.1) is 5.92 Å². The lowest BCUT2D eigenvalue weighted by Crippen LogP contribution is -2.27. The predicted molar refractivity (Wildman–Crippen MR) is 90.6 cm³/mol. The van der Waals surface area contributed by atoms with Crippen LogP contribution in [0.25, 0.3) is 0 Å². The van der Waals surface area contributed by atoms with Crippen LogP contribution in [0.5, 0.6) is 0 Å². The molecule has 0 radical (unpaired) electrons. The van der Waals surface area contributed by atoms with E-state index in [-0.39, 0.29) is 0 Å². The van der Waals surface area contributed by atoms with Gasteiger partial charge >= 0.3 is 0 Å². The Kier molecular flexibility index (Phi) is 8.99. The SMILES string of the molecule is CCCCN(CCCC)c1cnc(CNCC(C)C)cn1. The molecule has 0 spiro atoms. The van der Waals surface area contributed by atoms with E-state index in [1.54, 1.807) is 0 Å². The van der Waals surface area contributed by atoms with Crippen LogP contribution >= 0.6 is 0 Å². The average Bonchev–Trinajstić information content (AvgIpc) is 2.48. The van der Waals surface area contributed by atoms with Gasteiger partial charge in [-0.25, -0.2) is 4.98 Å². The van der Waals surface area contributed by atoms with Gasteiger partial charge in [-0.05, 0) is 25.3 Å². The van der Waals surface area contributed by atoms with Gasteiger partial charge < -0.3 is 10.2 Å². The molecule has 0 aliphatic heterocycles. The highest BCUT2D eigenvalue weighted by Gasteiger charge is 2.07. The van der Waals surface area contributed by atoms with Gasteiger partial charge in [-0.3, -0.25) is 4.98 Å². The van der Waals surface area contributed by atoms with E-state index in [1.807, 2.05) is 12.4 Å². The summed E-state index contributed by atoms with van der Waals surface area (Å²) in [6.45, 7) is 12.9. The summed E-state index contributed by atoms with van der Waals surface area (Å²) in [5.74, 6) is 1.68. The Morgan fingerprint density at radius 3 is 2.19 bits per heavy atom. The fraction of sp³-hybridized carbons (Fsp3) is 0.765. The second kappa shape index (κ2) is 10.6. The molecule has 0 saturated heterocycles. The predicted octanol–water partition coefficient (Wildman–Crippen LogP) is 3.63. The quantitative estimate of drug-likeness (QED) is 0.676. The molecule has 120 valence electrons. The molecule has 4 heteroatoms. The number of unbranched alkanes of at least 4 members (excludes halogenated alkanes) is 2. The molecule has 0 atom stereocenters. The molecule has 0 aliphatic carbocycles. The van der Waals surface area contributed by atoms with Crippen molar-refractivity contribution in [2.75, 3.05) is 24.5 Å². The zero-order valence-corrected chi connectivity index (χ0v) is 14.2. The molecule has 4 nitrogen and oxygen atoms in total. The van der Waals surface area contributed by atoms with Gasteiger partial charge in [0.1, 0.15) is 5.82 Å². The van der Waals surface area contributed by atoms with Crippen molar-refractivity contribution in [3.8, 4) is 0 Å². The van der Waals surface area contributed by atoms with Crippen LogP contribution in [0.3, 0.4) is 0 Å². The lowest BCUT2D eigenvalue weighted by Gasteiger charge is -2.23. The summed E-state index contributed by atoms with van der Waals surface area (Å²) in [5.41, 5.74) is 1.02. The van der Waals surface area contributed by atoms with Gasteiger partial charge in [0.25, 0.3) is 0 Å². The van der Waals surface area contributed by atoms with E-state index in [2.05, 4.69) is 47.9 Å². The molecule has 0 fully saturated rings. The Labute approximate surface area is 130 Å². The van der Waals surface area contributed by atoms with Crippen molar-refractivity contribution in [3.05, 3.63) is 18.1 Å². The summed E-state index contributed by atoms with van der Waals surface area (Å²) in [7, 11) is 0. The first-order chi connectivity index (χ1) is 10.2. The minimum Gasteiger partial charge on any atom is -0.355 e. The van der Waals surface area contributed by atoms with Crippen LogP contribution in [0.4, 0.5) is 5.82 Å². The largest absolute Gasteiger partial charge is 0.355 e. The molecule has 1 heterocycles. The van der Waals surface area contributed by atoms with Crippen molar-refractivity contribution >= 4 is 5.82 Å². The molecular formula is C17H32N4. The molecule has 1 N–H and O–H groups in total. The van der Waals surface area contributed by atoms with Crippen molar-refractivity contribution in [2.24, 2.45) is 5.92 Å². The molecule has 0 unspecified atom stereocenters. The minimum absolute atomic E-state index is 0.663. The van der Waals surface area contributed by atoms with Gasteiger partial charge in [-0.1, -0.05) is 40.5 Å². The molecule has 1 aromatic rings. The number of anilines is 1. The second-order valence-corrected chi connectivity index (χ2v) is 6.08. The van der Waals surface area contributed by atoms with Crippen LogP contribution in [0.1, 0.15) is 59.1 Å². The third-order valence-corrected chi connectivity index (χ3v) is 3.44. The molecule has 0 bridgehead atoms. The van der Waals surface area contributed by atoms with Gasteiger partial charge in [0.2, 0.25) is 0 Å². The maximum atomic E-state index is 4.61. The summed E-state index contributed by atoms with van der Waals surface area (Å²) in [5, 5.41) is 3.40. The Bertz CT molecular complexity index is 354. The molecule has 1 aromatic heterocycles. The number of aromatic nitrogens is 2. The van der Waals surface area contributed by atoms with E-state index in [0.29, 0.717) is 5.92 Å². The van der Waals surface area contributed by atoms with Crippen LogP contribution < -0.4 is 10.2 Å². The summed E-state index contributed by atoms with van der Waals surface area (Å²) in [6.07, 6.45) is 8.69. The third kappa shape index (κ3) is 7.42. The van der Waals surface area contributed by atoms with E-state index in [0.717, 1.165) is 37.7 Å². The van der Waals surface area contributed by atoms with Crippen molar-refractivity contribution < 1.29 is 0 Å². The van der Waals surface area contributed by atoms with Gasteiger partial charge in [0.15, 0.2) is 0 Å². The smallest absolute Gasteiger partial charge is 0.147 e. The van der Waals surface area contributed by atoms with Crippen molar-refractivity contribution in [3.63, 3.8) is 0 Å². The molecule has 1 rings (SSSR count). The van der Waals surface area contributed by atoms with Crippen molar-refractivity contribution in [1.29, 1.82) is 0 Å². The first-order valence-electron chi connectivity index (χ1n) is 8.43. The van der Waals surface area contributed by atoms with Crippen LogP contribution in [0.15, 0.2) is 12.4 Å². The monoisotopic (exact) mass is 292 g/mol. The Morgan fingerprint density at radius 2 is 1.71 bits per heavy atom. The normalized spacial score (nSPS) is 11.1. The standard InChI is InChI=1S/C17H32N4/c1-5-7-9-21(10-8-6-2)17-14-19-16(13-20-17)12-18-11-15(3)4/h13-15,18H,5-12H2,1-4H3. The summed E-state index contributed by atoms with van der Waals surface area (Å²) in [6, 6.07) is 0. The summed E-state index contributed by atoms with van der Waals surface area (Å²) >= 11 is 0. The van der Waals surface area contributed by atoms with Gasteiger partial charge in [-0.2, -0.15) is 0 Å². The Balaban J connectivity index is 2.55. The molecular weight excluding hydrogens is 260 g/mol. The topological polar surface area (TPSA) is 41.1 Å². The first-order valence-corrected chi connectivity index (χ1v) is 8.43. The lowest BCUT2D eigenvalue weighted by atomic mass is 10.2. The molecule has 0 aromatic carbocycles. The van der Waals surface area contributed by atoms with E-state index >= 15 is 0 Å². The summed E-state index contributed by atoms with van der Waals surface area (Å²) < 4.78 is 0. The van der Waals surface area contributed by atoms with Crippen LogP contribution in [0.2, 0.25) is 0 Å². The molecule has 0 aliphatic rings. The second-order valence-electron chi connectivity index (χ2n) is 6.08. The molecule has 21 heavy (non-hydrogen) atoms. The fourth-order valence-corrected chi connectivity index (χ4v) is 2.13. The number of rotatable bonds is 11. The fourth-order valence-electron chi connectivity index (χ4n) is 2.13. The van der Waals surface area contributed by atoms with E-state index in [4.69, 9.17) is 0 Å². The zero-order valence-electron chi connectivity index (χ0n) is 14.2. The number of hydrogen-bond acceptors (Lipinski definition) is 4. The van der Waals surface area contributed by atoms with Crippen molar-refractivity contribution in [1.82, 2.24) is 15.3 Å². The number of hydrogen-bond donors (Lipinski definition) is 1. The highest BCUT2D eigenvalue weighted by Crippen LogP contribution is 2.11. The van der Waals surface area contributed by atoms with E-state index in [9.17, 15) is 0 Å². The minimum atomic E-state index is 0.663. The zero-order chi connectivity index (χ0) is 15.5. The van der Waals surface area contributed by atoms with Gasteiger partial charge in [-0.15, -0.1) is 0 Å². The van der Waals surface area contributed by atoms with Crippen LogP contribution in [-0.2, 0) is 6.54 Å². The first kappa shape index (κ1) is 17.9. The Morgan fingerprint density at radius 1 is 1.05 bits per heavy atom. The van der Waals surface area contributed by atoms with Crippen LogP contribution in [-0.4, -0.2) is 29.6 Å². The number of nitrogens with one attached hydrogen (secondary N) is 1.